The van der Waals surface area contributed by atoms with Gasteiger partial charge in [-0.3, -0.25) is 9.80 Å². The Bertz CT molecular complexity index is 1660. The number of nitrogens with zero attached hydrogens (tertiary/aromatic N) is 5. The van der Waals surface area contributed by atoms with Crippen LogP contribution in [-0.4, -0.2) is 77.5 Å². The summed E-state index contributed by atoms with van der Waals surface area (Å²) in [5, 5.41) is 2.56. The number of fused-ring (bicyclic) bond motifs is 1. The van der Waals surface area contributed by atoms with Crippen LogP contribution in [0.25, 0.3) is 0 Å². The number of carbonyl (C=O) groups is 1. The molecule has 3 heterocycles. The third kappa shape index (κ3) is 6.25. The summed E-state index contributed by atoms with van der Waals surface area (Å²) in [5.74, 6) is -2.81. The average Bonchev–Trinajstić information content (AvgIpc) is 3.45. The number of halogens is 3. The third-order valence-electron chi connectivity index (χ3n) is 7.32. The molecule has 2 aromatic carbocycles. The molecule has 5 rings (SSSR count). The lowest BCUT2D eigenvalue weighted by molar-refractivity contribution is 0.0422. The molecule has 45 heavy (non-hydrogen) atoms. The molecule has 2 aliphatic heterocycles. The molecule has 2 amide bonds. The molecule has 1 saturated heterocycles. The SMILES string of the molecule is CCNC(=O)N(Cn1ccc2c1N(Cl)C=C(CN1CCOCC1)N2S(=O)(=O)c1ccccc1)c1c(F)c(OC)cc(OC)c1F. The van der Waals surface area contributed by atoms with Gasteiger partial charge in [-0.2, -0.15) is 0 Å². The first-order valence-electron chi connectivity index (χ1n) is 14.0. The molecular formula is C29H33ClF2N6O6S. The van der Waals surface area contributed by atoms with E-state index < -0.39 is 40.0 Å². The number of anilines is 3. The fraction of sp³-hybridized carbons (Fsp3) is 0.345. The molecule has 1 aromatic heterocycles. The molecule has 1 fully saturated rings. The number of aromatic nitrogens is 1. The lowest BCUT2D eigenvalue weighted by Crippen LogP contribution is -2.44. The van der Waals surface area contributed by atoms with Crippen LogP contribution in [0.3, 0.4) is 0 Å². The van der Waals surface area contributed by atoms with Crippen LogP contribution in [0, 0.1) is 11.6 Å². The Balaban J connectivity index is 1.62. The molecular weight excluding hydrogens is 634 g/mol. The van der Waals surface area contributed by atoms with Gasteiger partial charge >= 0.3 is 6.03 Å². The molecule has 1 N–H and O–H groups in total. The van der Waals surface area contributed by atoms with E-state index in [1.807, 2.05) is 4.90 Å². The van der Waals surface area contributed by atoms with Gasteiger partial charge in [-0.25, -0.2) is 30.7 Å². The van der Waals surface area contributed by atoms with E-state index in [4.69, 9.17) is 26.0 Å². The Kier molecular flexibility index (Phi) is 9.72. The van der Waals surface area contributed by atoms with Gasteiger partial charge in [0.1, 0.15) is 18.0 Å². The highest BCUT2D eigenvalue weighted by molar-refractivity contribution is 7.93. The van der Waals surface area contributed by atoms with Crippen molar-refractivity contribution >= 4 is 45.0 Å². The van der Waals surface area contributed by atoms with Crippen LogP contribution in [0.1, 0.15) is 6.92 Å². The predicted molar refractivity (Wildman–Crippen MR) is 165 cm³/mol. The van der Waals surface area contributed by atoms with Crippen LogP contribution in [0.5, 0.6) is 11.5 Å². The van der Waals surface area contributed by atoms with Crippen molar-refractivity contribution in [2.75, 3.05) is 67.2 Å². The molecule has 0 radical (unpaired) electrons. The average molecular weight is 667 g/mol. The second-order valence-corrected chi connectivity index (χ2v) is 12.2. The number of morpholine rings is 1. The number of amides is 2. The minimum Gasteiger partial charge on any atom is -0.493 e. The number of hydrogen-bond acceptors (Lipinski definition) is 8. The van der Waals surface area contributed by atoms with Gasteiger partial charge in [0.25, 0.3) is 10.0 Å². The topological polar surface area (TPSA) is 109 Å². The Morgan fingerprint density at radius 3 is 2.31 bits per heavy atom. The zero-order valence-electron chi connectivity index (χ0n) is 24.9. The number of rotatable bonds is 10. The van der Waals surface area contributed by atoms with Crippen LogP contribution >= 0.6 is 11.8 Å². The lowest BCUT2D eigenvalue weighted by Gasteiger charge is -2.36. The van der Waals surface area contributed by atoms with Gasteiger partial charge in [-0.05, 0) is 25.1 Å². The lowest BCUT2D eigenvalue weighted by atomic mass is 10.2. The molecule has 0 bridgehead atoms. The summed E-state index contributed by atoms with van der Waals surface area (Å²) in [5.41, 5.74) is -0.176. The first kappa shape index (κ1) is 32.3. The van der Waals surface area contributed by atoms with Crippen LogP contribution in [0.4, 0.5) is 30.8 Å². The summed E-state index contributed by atoms with van der Waals surface area (Å²) in [6, 6.07) is 9.66. The van der Waals surface area contributed by atoms with E-state index in [0.717, 1.165) is 11.0 Å². The molecule has 0 unspecified atom stereocenters. The molecule has 0 spiro atoms. The van der Waals surface area contributed by atoms with Crippen LogP contribution in [-0.2, 0) is 21.4 Å². The quantitative estimate of drug-likeness (QED) is 0.319. The number of sulfonamides is 1. The fourth-order valence-electron chi connectivity index (χ4n) is 5.18. The normalized spacial score (nSPS) is 15.4. The van der Waals surface area contributed by atoms with Gasteiger partial charge in [0, 0.05) is 56.4 Å². The highest BCUT2D eigenvalue weighted by Crippen LogP contribution is 2.43. The maximum absolute atomic E-state index is 15.6. The van der Waals surface area contributed by atoms with E-state index >= 15 is 8.78 Å². The van der Waals surface area contributed by atoms with Gasteiger partial charge in [0.05, 0.1) is 38.0 Å². The summed E-state index contributed by atoms with van der Waals surface area (Å²) >= 11 is 6.76. The number of ether oxygens (including phenoxy) is 3. The first-order chi connectivity index (χ1) is 21.6. The summed E-state index contributed by atoms with van der Waals surface area (Å²) in [6.45, 7) is 3.77. The highest BCUT2D eigenvalue weighted by atomic mass is 35.5. The first-order valence-corrected chi connectivity index (χ1v) is 15.8. The molecule has 242 valence electrons. The van der Waals surface area contributed by atoms with Crippen molar-refractivity contribution in [3.8, 4) is 11.5 Å². The van der Waals surface area contributed by atoms with Gasteiger partial charge < -0.3 is 24.1 Å². The molecule has 0 atom stereocenters. The van der Waals surface area contributed by atoms with Crippen LogP contribution in [0.2, 0.25) is 0 Å². The van der Waals surface area contributed by atoms with E-state index in [0.29, 0.717) is 32.0 Å². The molecule has 12 nitrogen and oxygen atoms in total. The van der Waals surface area contributed by atoms with Crippen molar-refractivity contribution in [3.05, 3.63) is 72.2 Å². The molecule has 3 aromatic rings. The van der Waals surface area contributed by atoms with Crippen LogP contribution < -0.4 is 28.4 Å². The van der Waals surface area contributed by atoms with E-state index in [1.54, 1.807) is 25.1 Å². The molecule has 2 aliphatic rings. The van der Waals surface area contributed by atoms with Crippen molar-refractivity contribution in [1.82, 2.24) is 14.8 Å². The van der Waals surface area contributed by atoms with Crippen molar-refractivity contribution in [3.63, 3.8) is 0 Å². The Morgan fingerprint density at radius 2 is 1.71 bits per heavy atom. The number of nitrogens with one attached hydrogen (secondary N) is 1. The summed E-state index contributed by atoms with van der Waals surface area (Å²) in [4.78, 5) is 16.2. The van der Waals surface area contributed by atoms with E-state index in [1.165, 1.54) is 58.1 Å². The molecule has 0 saturated carbocycles. The second-order valence-electron chi connectivity index (χ2n) is 10.1. The van der Waals surface area contributed by atoms with Gasteiger partial charge in [-0.15, -0.1) is 0 Å². The largest absolute Gasteiger partial charge is 0.493 e. The second kappa shape index (κ2) is 13.5. The van der Waals surface area contributed by atoms with Gasteiger partial charge in [0.15, 0.2) is 29.0 Å². The predicted octanol–water partition coefficient (Wildman–Crippen LogP) is 4.32. The number of carbonyl (C=O) groups excluding carboxylic acids is 1. The van der Waals surface area contributed by atoms with Crippen LogP contribution in [0.15, 0.2) is 65.5 Å². The smallest absolute Gasteiger partial charge is 0.323 e. The maximum Gasteiger partial charge on any atom is 0.323 e. The van der Waals surface area contributed by atoms with Gasteiger partial charge in [-0.1, -0.05) is 18.2 Å². The third-order valence-corrected chi connectivity index (χ3v) is 9.35. The number of hydrogen-bond donors (Lipinski definition) is 1. The Morgan fingerprint density at radius 1 is 1.07 bits per heavy atom. The van der Waals surface area contributed by atoms with Crippen molar-refractivity contribution in [2.45, 2.75) is 18.5 Å². The number of methoxy groups -OCH3 is 2. The fourth-order valence-corrected chi connectivity index (χ4v) is 7.00. The Hall–Kier alpha value is -4.05. The summed E-state index contributed by atoms with van der Waals surface area (Å²) in [7, 11) is -1.76. The Labute approximate surface area is 265 Å². The van der Waals surface area contributed by atoms with E-state index in [9.17, 15) is 13.2 Å². The van der Waals surface area contributed by atoms with Crippen molar-refractivity contribution in [1.29, 1.82) is 0 Å². The number of urea groups is 1. The summed E-state index contributed by atoms with van der Waals surface area (Å²) in [6.07, 6.45) is 2.96. The zero-order chi connectivity index (χ0) is 32.3. The highest BCUT2D eigenvalue weighted by Gasteiger charge is 2.38. The van der Waals surface area contributed by atoms with Gasteiger partial charge in [0.2, 0.25) is 0 Å². The monoisotopic (exact) mass is 666 g/mol. The summed E-state index contributed by atoms with van der Waals surface area (Å²) < 4.78 is 79.0. The standard InChI is InChI=1S/C29H33ClF2N6O6S/c1-4-33-29(39)36(27-25(31)23(42-2)16-24(43-3)26(27)32)19-35-11-10-22-28(35)37(30)18-20(17-34-12-14-44-15-13-34)38(22)45(40,41)21-8-6-5-7-9-21/h5-11,16,18H,4,12-15,17,19H2,1-3H3,(H,33,39). The maximum atomic E-state index is 15.6. The molecule has 16 heteroatoms. The minimum absolute atomic E-state index is 0.0520. The van der Waals surface area contributed by atoms with E-state index in [2.05, 4.69) is 5.32 Å². The van der Waals surface area contributed by atoms with Crippen molar-refractivity contribution in [2.24, 2.45) is 0 Å². The number of benzene rings is 2. The van der Waals surface area contributed by atoms with Crippen molar-refractivity contribution < 1.29 is 36.2 Å². The molecule has 0 aliphatic carbocycles. The zero-order valence-corrected chi connectivity index (χ0v) is 26.4. The minimum atomic E-state index is -4.16. The van der Waals surface area contributed by atoms with E-state index in [-0.39, 0.29) is 41.0 Å².